The maximum Gasteiger partial charge on any atom is 0.279 e. The summed E-state index contributed by atoms with van der Waals surface area (Å²) in [6, 6.07) is 11.4. The van der Waals surface area contributed by atoms with Gasteiger partial charge in [-0.1, -0.05) is 19.1 Å². The van der Waals surface area contributed by atoms with Crippen LogP contribution in [0, 0.1) is 0 Å². The van der Waals surface area contributed by atoms with Crippen molar-refractivity contribution in [1.29, 1.82) is 0 Å². The molecule has 0 unspecified atom stereocenters. The minimum atomic E-state index is -0.187. The maximum atomic E-state index is 12.0. The van der Waals surface area contributed by atoms with Crippen LogP contribution in [0.2, 0.25) is 0 Å². The summed E-state index contributed by atoms with van der Waals surface area (Å²) >= 11 is 1.51. The van der Waals surface area contributed by atoms with Crippen molar-refractivity contribution in [3.8, 4) is 10.6 Å². The zero-order chi connectivity index (χ0) is 14.7. The van der Waals surface area contributed by atoms with E-state index in [1.165, 1.54) is 11.3 Å². The number of nitrogens with one attached hydrogen (secondary N) is 1. The highest BCUT2D eigenvalue weighted by molar-refractivity contribution is 7.21. The van der Waals surface area contributed by atoms with Crippen molar-refractivity contribution >= 4 is 27.2 Å². The molecule has 1 aromatic carbocycles. The Morgan fingerprint density at radius 1 is 1.19 bits per heavy atom. The number of pyridine rings is 1. The summed E-state index contributed by atoms with van der Waals surface area (Å²) in [5, 5.41) is 4.59. The zero-order valence-corrected chi connectivity index (χ0v) is 12.5. The molecular formula is C16H15N3OS. The number of nitrogens with zero attached hydrogens (tertiary/aromatic N) is 2. The lowest BCUT2D eigenvalue weighted by atomic mass is 10.2. The molecule has 0 fully saturated rings. The van der Waals surface area contributed by atoms with Gasteiger partial charge in [0.25, 0.3) is 5.56 Å². The molecule has 0 aliphatic carbocycles. The molecule has 0 atom stereocenters. The van der Waals surface area contributed by atoms with Crippen LogP contribution in [0.25, 0.3) is 20.7 Å². The topological polar surface area (TPSA) is 54.9 Å². The molecule has 0 bridgehead atoms. The second-order valence-corrected chi connectivity index (χ2v) is 5.71. The molecule has 106 valence electrons. The fourth-order valence-electron chi connectivity index (χ4n) is 2.01. The van der Waals surface area contributed by atoms with E-state index in [-0.39, 0.29) is 5.56 Å². The molecule has 4 nitrogen and oxygen atoms in total. The van der Waals surface area contributed by atoms with Gasteiger partial charge in [0.05, 0.1) is 5.39 Å². The molecule has 3 rings (SSSR count). The first-order chi connectivity index (χ1) is 10.3. The van der Waals surface area contributed by atoms with E-state index < -0.39 is 0 Å². The average Bonchev–Trinajstić information content (AvgIpc) is 2.53. The highest BCUT2D eigenvalue weighted by atomic mass is 32.1. The Labute approximate surface area is 126 Å². The fraction of sp³-hybridized carbons (Fsp3) is 0.188. The normalized spacial score (nSPS) is 10.7. The highest BCUT2D eigenvalue weighted by Crippen LogP contribution is 2.25. The first-order valence-corrected chi connectivity index (χ1v) is 7.70. The van der Waals surface area contributed by atoms with E-state index in [9.17, 15) is 4.79 Å². The van der Waals surface area contributed by atoms with E-state index in [0.717, 1.165) is 29.0 Å². The van der Waals surface area contributed by atoms with Gasteiger partial charge in [-0.05, 0) is 30.7 Å². The molecule has 0 aliphatic rings. The van der Waals surface area contributed by atoms with Crippen molar-refractivity contribution < 1.29 is 0 Å². The summed E-state index contributed by atoms with van der Waals surface area (Å²) in [6.45, 7) is 3.01. The van der Waals surface area contributed by atoms with Crippen LogP contribution in [-0.4, -0.2) is 16.5 Å². The third-order valence-corrected chi connectivity index (χ3v) is 4.19. The Balaban J connectivity index is 1.98. The van der Waals surface area contributed by atoms with Crippen LogP contribution >= 0.6 is 11.3 Å². The highest BCUT2D eigenvalue weighted by Gasteiger charge is 2.06. The predicted octanol–water partition coefficient (Wildman–Crippen LogP) is 3.54. The minimum absolute atomic E-state index is 0.187. The largest absolute Gasteiger partial charge is 0.370 e. The second-order valence-electron chi connectivity index (χ2n) is 4.68. The summed E-state index contributed by atoms with van der Waals surface area (Å²) < 4.78 is 0.945. The van der Waals surface area contributed by atoms with Crippen LogP contribution in [0.4, 0.5) is 5.82 Å². The molecule has 3 aromatic rings. The zero-order valence-electron chi connectivity index (χ0n) is 11.7. The number of benzene rings is 1. The molecular weight excluding hydrogens is 282 g/mol. The molecule has 0 saturated carbocycles. The quantitative estimate of drug-likeness (QED) is 0.800. The van der Waals surface area contributed by atoms with Gasteiger partial charge in [-0.15, -0.1) is 11.3 Å². The molecule has 0 amide bonds. The van der Waals surface area contributed by atoms with Crippen LogP contribution in [0.1, 0.15) is 13.3 Å². The lowest BCUT2D eigenvalue weighted by molar-refractivity contribution is 0.969. The third-order valence-electron chi connectivity index (χ3n) is 3.09. The molecule has 21 heavy (non-hydrogen) atoms. The second kappa shape index (κ2) is 6.01. The number of fused-ring (bicyclic) bond motifs is 1. The van der Waals surface area contributed by atoms with E-state index in [1.54, 1.807) is 12.3 Å². The van der Waals surface area contributed by atoms with Gasteiger partial charge in [-0.3, -0.25) is 4.79 Å². The monoisotopic (exact) mass is 297 g/mol. The number of hydrogen-bond donors (Lipinski definition) is 1. The van der Waals surface area contributed by atoms with Crippen LogP contribution in [-0.2, 0) is 0 Å². The van der Waals surface area contributed by atoms with Gasteiger partial charge >= 0.3 is 0 Å². The van der Waals surface area contributed by atoms with E-state index >= 15 is 0 Å². The van der Waals surface area contributed by atoms with Crippen LogP contribution in [0.15, 0.2) is 47.4 Å². The molecule has 1 N–H and O–H groups in total. The molecule has 0 radical (unpaired) electrons. The Kier molecular flexibility index (Phi) is 3.92. The molecule has 2 aromatic heterocycles. The van der Waals surface area contributed by atoms with Crippen molar-refractivity contribution in [1.82, 2.24) is 9.97 Å². The van der Waals surface area contributed by atoms with E-state index in [2.05, 4.69) is 22.2 Å². The summed E-state index contributed by atoms with van der Waals surface area (Å²) in [7, 11) is 0. The van der Waals surface area contributed by atoms with Crippen molar-refractivity contribution in [2.24, 2.45) is 0 Å². The molecule has 0 aliphatic heterocycles. The van der Waals surface area contributed by atoms with Gasteiger partial charge in [0, 0.05) is 23.0 Å². The number of anilines is 1. The van der Waals surface area contributed by atoms with Gasteiger partial charge < -0.3 is 5.32 Å². The SMILES string of the molecule is CCCNc1ccc(-c2nc(=O)c3ccccc3s2)cn1. The molecule has 5 heteroatoms. The van der Waals surface area contributed by atoms with Gasteiger partial charge in [-0.2, -0.15) is 4.98 Å². The van der Waals surface area contributed by atoms with Crippen LogP contribution < -0.4 is 10.9 Å². The lowest BCUT2D eigenvalue weighted by Gasteiger charge is -2.05. The Morgan fingerprint density at radius 3 is 2.81 bits per heavy atom. The van der Waals surface area contributed by atoms with Crippen LogP contribution in [0.5, 0.6) is 0 Å². The van der Waals surface area contributed by atoms with E-state index in [1.807, 2.05) is 30.3 Å². The van der Waals surface area contributed by atoms with Gasteiger partial charge in [0.1, 0.15) is 10.8 Å². The van der Waals surface area contributed by atoms with E-state index in [0.29, 0.717) is 10.4 Å². The number of aromatic nitrogens is 2. The fourth-order valence-corrected chi connectivity index (χ4v) is 3.00. The number of rotatable bonds is 4. The first-order valence-electron chi connectivity index (χ1n) is 6.88. The average molecular weight is 297 g/mol. The first kappa shape index (κ1) is 13.7. The standard InChI is InChI=1S/C16H15N3OS/c1-2-9-17-14-8-7-11(10-18-14)16-19-15(20)12-5-3-4-6-13(12)21-16/h3-8,10H,2,9H2,1H3,(H,17,18). The van der Waals surface area contributed by atoms with Crippen molar-refractivity contribution in [2.75, 3.05) is 11.9 Å². The molecule has 0 saturated heterocycles. The van der Waals surface area contributed by atoms with Gasteiger partial charge in [-0.25, -0.2) is 4.98 Å². The smallest absolute Gasteiger partial charge is 0.279 e. The molecule has 2 heterocycles. The molecule has 0 spiro atoms. The van der Waals surface area contributed by atoms with Crippen molar-refractivity contribution in [3.05, 3.63) is 52.9 Å². The third kappa shape index (κ3) is 2.92. The van der Waals surface area contributed by atoms with Gasteiger partial charge in [0.15, 0.2) is 0 Å². The van der Waals surface area contributed by atoms with Crippen molar-refractivity contribution in [2.45, 2.75) is 13.3 Å². The van der Waals surface area contributed by atoms with Crippen LogP contribution in [0.3, 0.4) is 0 Å². The summed E-state index contributed by atoms with van der Waals surface area (Å²) in [5.74, 6) is 0.841. The summed E-state index contributed by atoms with van der Waals surface area (Å²) in [5.41, 5.74) is 0.678. The predicted molar refractivity (Wildman–Crippen MR) is 87.9 cm³/mol. The summed E-state index contributed by atoms with van der Waals surface area (Å²) in [4.78, 5) is 20.6. The lowest BCUT2D eigenvalue weighted by Crippen LogP contribution is -2.06. The Morgan fingerprint density at radius 2 is 2.05 bits per heavy atom. The van der Waals surface area contributed by atoms with Gasteiger partial charge in [0.2, 0.25) is 0 Å². The van der Waals surface area contributed by atoms with E-state index in [4.69, 9.17) is 0 Å². The summed E-state index contributed by atoms with van der Waals surface area (Å²) in [6.07, 6.45) is 2.81. The Bertz CT molecular complexity index is 812. The van der Waals surface area contributed by atoms with Crippen molar-refractivity contribution in [3.63, 3.8) is 0 Å². The Hall–Kier alpha value is -2.27. The number of hydrogen-bond acceptors (Lipinski definition) is 5. The maximum absolute atomic E-state index is 12.0. The minimum Gasteiger partial charge on any atom is -0.370 e.